The highest BCUT2D eigenvalue weighted by Crippen LogP contribution is 2.44. The van der Waals surface area contributed by atoms with E-state index in [1.165, 1.54) is 13.2 Å². The monoisotopic (exact) mass is 384 g/mol. The summed E-state index contributed by atoms with van der Waals surface area (Å²) >= 11 is 0. The number of rotatable bonds is 5. The van der Waals surface area contributed by atoms with E-state index >= 15 is 0 Å². The van der Waals surface area contributed by atoms with Crippen LogP contribution in [0.5, 0.6) is 5.75 Å². The van der Waals surface area contributed by atoms with Gasteiger partial charge in [0.15, 0.2) is 4.90 Å². The summed E-state index contributed by atoms with van der Waals surface area (Å²) in [4.78, 5) is 21.8. The maximum atomic E-state index is 13.2. The number of ether oxygens (including phenoxy) is 1. The number of nitro groups is 1. The molecule has 142 valence electrons. The zero-order valence-corrected chi connectivity index (χ0v) is 15.0. The number of carbonyl (C=O) groups is 1. The molecule has 1 saturated heterocycles. The molecule has 1 aromatic carbocycles. The smallest absolute Gasteiger partial charge is 0.322 e. The van der Waals surface area contributed by atoms with E-state index in [2.05, 4.69) is 0 Å². The summed E-state index contributed by atoms with van der Waals surface area (Å²) in [6.45, 7) is 0. The van der Waals surface area contributed by atoms with Crippen molar-refractivity contribution in [3.05, 3.63) is 28.3 Å². The summed E-state index contributed by atoms with van der Waals surface area (Å²) < 4.78 is 32.4. The van der Waals surface area contributed by atoms with Crippen LogP contribution in [0.3, 0.4) is 0 Å². The molecular weight excluding hydrogens is 364 g/mol. The number of aliphatic carboxylic acids is 1. The van der Waals surface area contributed by atoms with Crippen LogP contribution in [0.2, 0.25) is 0 Å². The fourth-order valence-electron chi connectivity index (χ4n) is 4.07. The molecule has 10 heteroatoms. The predicted octanol–water partition coefficient (Wildman–Crippen LogP) is 2.01. The maximum Gasteiger partial charge on any atom is 0.322 e. The Bertz CT molecular complexity index is 839. The molecule has 0 amide bonds. The molecule has 1 saturated carbocycles. The number of carboxylic acid groups (broad SMARTS) is 1. The lowest BCUT2D eigenvalue weighted by atomic mass is 9.85. The van der Waals surface area contributed by atoms with E-state index in [1.54, 1.807) is 0 Å². The van der Waals surface area contributed by atoms with Gasteiger partial charge >= 0.3 is 5.97 Å². The molecule has 3 unspecified atom stereocenters. The normalized spacial score (nSPS) is 26.3. The standard InChI is InChI=1S/C16H20N2O7S/c1-25-11-6-7-15(13(9-11)18(21)22)26(23,24)17-12-5-3-2-4-10(12)8-14(17)16(19)20/h6-7,9-10,12,14H,2-5,8H2,1H3,(H,19,20). The van der Waals surface area contributed by atoms with Crippen molar-refractivity contribution < 1.29 is 28.0 Å². The Labute approximate surface area is 150 Å². The van der Waals surface area contributed by atoms with Gasteiger partial charge in [0, 0.05) is 6.04 Å². The molecule has 2 fully saturated rings. The van der Waals surface area contributed by atoms with E-state index in [0.29, 0.717) is 6.42 Å². The van der Waals surface area contributed by atoms with E-state index in [0.717, 1.165) is 35.7 Å². The first-order valence-corrected chi connectivity index (χ1v) is 9.80. The van der Waals surface area contributed by atoms with Crippen LogP contribution in [0.4, 0.5) is 5.69 Å². The number of hydrogen-bond donors (Lipinski definition) is 1. The average molecular weight is 384 g/mol. The van der Waals surface area contributed by atoms with Gasteiger partial charge < -0.3 is 9.84 Å². The van der Waals surface area contributed by atoms with Gasteiger partial charge in [-0.25, -0.2) is 8.42 Å². The number of hydrogen-bond acceptors (Lipinski definition) is 6. The number of carboxylic acids is 1. The van der Waals surface area contributed by atoms with Gasteiger partial charge in [-0.1, -0.05) is 12.8 Å². The second kappa shape index (κ2) is 6.84. The van der Waals surface area contributed by atoms with E-state index in [9.17, 15) is 28.4 Å². The third-order valence-corrected chi connectivity index (χ3v) is 7.21. The SMILES string of the molecule is COc1ccc(S(=O)(=O)N2C(C(=O)O)CC3CCCCC32)c([N+](=O)[O-])c1. The second-order valence-corrected chi connectivity index (χ2v) is 8.44. The van der Waals surface area contributed by atoms with E-state index in [4.69, 9.17) is 4.74 Å². The van der Waals surface area contributed by atoms with Gasteiger partial charge in [-0.3, -0.25) is 14.9 Å². The highest BCUT2D eigenvalue weighted by Gasteiger charge is 2.52. The fraction of sp³-hybridized carbons (Fsp3) is 0.562. The highest BCUT2D eigenvalue weighted by atomic mass is 32.2. The lowest BCUT2D eigenvalue weighted by molar-refractivity contribution is -0.387. The van der Waals surface area contributed by atoms with Crippen LogP contribution in [0.15, 0.2) is 23.1 Å². The molecule has 26 heavy (non-hydrogen) atoms. The zero-order chi connectivity index (χ0) is 19.1. The summed E-state index contributed by atoms with van der Waals surface area (Å²) in [7, 11) is -3.03. The molecule has 9 nitrogen and oxygen atoms in total. The van der Waals surface area contributed by atoms with Crippen LogP contribution in [0.1, 0.15) is 32.1 Å². The number of benzene rings is 1. The van der Waals surface area contributed by atoms with Crippen molar-refractivity contribution in [1.29, 1.82) is 0 Å². The molecule has 0 radical (unpaired) electrons. The van der Waals surface area contributed by atoms with Crippen LogP contribution in [0, 0.1) is 16.0 Å². The summed E-state index contributed by atoms with van der Waals surface area (Å²) in [6, 6.07) is 1.84. The minimum Gasteiger partial charge on any atom is -0.497 e. The number of methoxy groups -OCH3 is 1. The van der Waals surface area contributed by atoms with Crippen molar-refractivity contribution in [2.45, 2.75) is 49.1 Å². The lowest BCUT2D eigenvalue weighted by Gasteiger charge is -2.31. The van der Waals surface area contributed by atoms with Crippen molar-refractivity contribution in [2.75, 3.05) is 7.11 Å². The first kappa shape index (κ1) is 18.6. The Morgan fingerprint density at radius 3 is 2.65 bits per heavy atom. The Hall–Kier alpha value is -2.20. The summed E-state index contributed by atoms with van der Waals surface area (Å²) in [6.07, 6.45) is 3.32. The summed E-state index contributed by atoms with van der Waals surface area (Å²) in [5.41, 5.74) is -0.618. The van der Waals surface area contributed by atoms with Crippen LogP contribution >= 0.6 is 0 Å². The Balaban J connectivity index is 2.11. The minimum atomic E-state index is -4.35. The van der Waals surface area contributed by atoms with Crippen molar-refractivity contribution in [3.8, 4) is 5.75 Å². The summed E-state index contributed by atoms with van der Waals surface area (Å²) in [5.74, 6) is -1.10. The molecule has 0 aromatic heterocycles. The third-order valence-electron chi connectivity index (χ3n) is 5.23. The van der Waals surface area contributed by atoms with E-state index < -0.39 is 43.6 Å². The fourth-order valence-corrected chi connectivity index (χ4v) is 6.08. The van der Waals surface area contributed by atoms with Gasteiger partial charge in [0.2, 0.25) is 0 Å². The first-order valence-electron chi connectivity index (χ1n) is 8.36. The first-order chi connectivity index (χ1) is 12.3. The molecule has 1 heterocycles. The molecule has 0 bridgehead atoms. The largest absolute Gasteiger partial charge is 0.497 e. The van der Waals surface area contributed by atoms with Crippen LogP contribution in [0.25, 0.3) is 0 Å². The molecule has 0 spiro atoms. The molecule has 1 aliphatic heterocycles. The van der Waals surface area contributed by atoms with Gasteiger partial charge in [-0.15, -0.1) is 0 Å². The molecule has 1 aliphatic carbocycles. The molecule has 3 atom stereocenters. The Morgan fingerprint density at radius 1 is 1.35 bits per heavy atom. The highest BCUT2D eigenvalue weighted by molar-refractivity contribution is 7.89. The van der Waals surface area contributed by atoms with Crippen LogP contribution in [-0.4, -0.2) is 47.9 Å². The lowest BCUT2D eigenvalue weighted by Crippen LogP contribution is -2.46. The number of sulfonamides is 1. The minimum absolute atomic E-state index is 0.0306. The molecule has 1 aromatic rings. The third kappa shape index (κ3) is 3.03. The molecule has 2 aliphatic rings. The average Bonchev–Trinajstić information content (AvgIpc) is 3.01. The Kier molecular flexibility index (Phi) is 4.89. The van der Waals surface area contributed by atoms with Gasteiger partial charge in [0.1, 0.15) is 11.8 Å². The van der Waals surface area contributed by atoms with Crippen LogP contribution in [-0.2, 0) is 14.8 Å². The van der Waals surface area contributed by atoms with Crippen molar-refractivity contribution in [2.24, 2.45) is 5.92 Å². The van der Waals surface area contributed by atoms with Crippen molar-refractivity contribution >= 4 is 21.7 Å². The maximum absolute atomic E-state index is 13.2. The van der Waals surface area contributed by atoms with Gasteiger partial charge in [-0.2, -0.15) is 4.31 Å². The quantitative estimate of drug-likeness (QED) is 0.607. The summed E-state index contributed by atoms with van der Waals surface area (Å²) in [5, 5.41) is 20.9. The van der Waals surface area contributed by atoms with E-state index in [-0.39, 0.29) is 18.1 Å². The number of fused-ring (bicyclic) bond motifs is 1. The number of nitro benzene ring substituents is 1. The van der Waals surface area contributed by atoms with E-state index in [1.807, 2.05) is 0 Å². The zero-order valence-electron chi connectivity index (χ0n) is 14.2. The van der Waals surface area contributed by atoms with Gasteiger partial charge in [0.05, 0.1) is 18.1 Å². The Morgan fingerprint density at radius 2 is 2.04 bits per heavy atom. The predicted molar refractivity (Wildman–Crippen MR) is 90.5 cm³/mol. The van der Waals surface area contributed by atoms with Crippen LogP contribution < -0.4 is 4.74 Å². The van der Waals surface area contributed by atoms with Crippen molar-refractivity contribution in [3.63, 3.8) is 0 Å². The van der Waals surface area contributed by atoms with Gasteiger partial charge in [0.25, 0.3) is 15.7 Å². The molecular formula is C16H20N2O7S. The number of nitrogens with zero attached hydrogens (tertiary/aromatic N) is 2. The molecule has 1 N–H and O–H groups in total. The molecule has 3 rings (SSSR count). The van der Waals surface area contributed by atoms with Crippen molar-refractivity contribution in [1.82, 2.24) is 4.31 Å². The van der Waals surface area contributed by atoms with Gasteiger partial charge in [-0.05, 0) is 37.3 Å². The topological polar surface area (TPSA) is 127 Å². The second-order valence-electron chi connectivity index (χ2n) is 6.63.